The minimum Gasteiger partial charge on any atom is -0.381 e. The van der Waals surface area contributed by atoms with Crippen molar-refractivity contribution in [1.82, 2.24) is 15.1 Å². The molecule has 0 amide bonds. The number of aromatic amines is 1. The van der Waals surface area contributed by atoms with Crippen LogP contribution >= 0.6 is 0 Å². The molecule has 1 aromatic heterocycles. The van der Waals surface area contributed by atoms with E-state index in [0.717, 1.165) is 30.2 Å². The molecule has 0 unspecified atom stereocenters. The molecule has 0 radical (unpaired) electrons. The number of aryl methyl sites for hydroxylation is 2. The van der Waals surface area contributed by atoms with E-state index in [1.165, 1.54) is 11.1 Å². The van der Waals surface area contributed by atoms with Crippen LogP contribution in [0, 0.1) is 13.8 Å². The number of H-pyrrole nitrogens is 1. The summed E-state index contributed by atoms with van der Waals surface area (Å²) in [7, 11) is 4.16. The third kappa shape index (κ3) is 3.58. The fourth-order valence-electron chi connectivity index (χ4n) is 2.12. The zero-order chi connectivity index (χ0) is 13.8. The van der Waals surface area contributed by atoms with Gasteiger partial charge in [-0.2, -0.15) is 5.10 Å². The van der Waals surface area contributed by atoms with E-state index in [-0.39, 0.29) is 0 Å². The lowest BCUT2D eigenvalue weighted by atomic mass is 10.1. The molecule has 0 aliphatic rings. The number of hydrogen-bond donors (Lipinski definition) is 2. The van der Waals surface area contributed by atoms with Crippen molar-refractivity contribution in [3.8, 4) is 0 Å². The van der Waals surface area contributed by atoms with Crippen molar-refractivity contribution in [2.45, 2.75) is 26.9 Å². The number of nitrogens with zero attached hydrogens (tertiary/aromatic N) is 2. The van der Waals surface area contributed by atoms with Gasteiger partial charge in [0.2, 0.25) is 0 Å². The first kappa shape index (κ1) is 13.6. The van der Waals surface area contributed by atoms with E-state index in [0.29, 0.717) is 0 Å². The molecule has 102 valence electrons. The Morgan fingerprint density at radius 3 is 2.37 bits per heavy atom. The summed E-state index contributed by atoms with van der Waals surface area (Å²) in [6.07, 6.45) is 0. The number of nitrogens with one attached hydrogen (secondary N) is 2. The van der Waals surface area contributed by atoms with Crippen LogP contribution in [0.2, 0.25) is 0 Å². The SMILES string of the molecule is Cc1n[nH]c(C)c1CNc1ccc(CN(C)C)cc1. The van der Waals surface area contributed by atoms with Gasteiger partial charge in [-0.05, 0) is 45.6 Å². The highest BCUT2D eigenvalue weighted by atomic mass is 15.1. The fourth-order valence-corrected chi connectivity index (χ4v) is 2.12. The van der Waals surface area contributed by atoms with E-state index < -0.39 is 0 Å². The van der Waals surface area contributed by atoms with Crippen LogP contribution in [0.25, 0.3) is 0 Å². The van der Waals surface area contributed by atoms with E-state index in [1.54, 1.807) is 0 Å². The summed E-state index contributed by atoms with van der Waals surface area (Å²) in [5.41, 5.74) is 5.91. The molecule has 2 N–H and O–H groups in total. The van der Waals surface area contributed by atoms with Crippen LogP contribution < -0.4 is 5.32 Å². The Kier molecular flexibility index (Phi) is 4.22. The average molecular weight is 258 g/mol. The van der Waals surface area contributed by atoms with Crippen molar-refractivity contribution in [3.63, 3.8) is 0 Å². The van der Waals surface area contributed by atoms with Crippen molar-refractivity contribution >= 4 is 5.69 Å². The first-order valence-electron chi connectivity index (χ1n) is 6.54. The maximum atomic E-state index is 4.20. The topological polar surface area (TPSA) is 44.0 Å². The van der Waals surface area contributed by atoms with Gasteiger partial charge in [0.1, 0.15) is 0 Å². The van der Waals surface area contributed by atoms with Crippen LogP contribution in [0.4, 0.5) is 5.69 Å². The van der Waals surface area contributed by atoms with Gasteiger partial charge in [0.15, 0.2) is 0 Å². The maximum absolute atomic E-state index is 4.20. The van der Waals surface area contributed by atoms with Crippen LogP contribution in [-0.2, 0) is 13.1 Å². The second-order valence-corrected chi connectivity index (χ2v) is 5.20. The molecule has 2 aromatic rings. The molecule has 0 saturated heterocycles. The predicted octanol–water partition coefficient (Wildman–Crippen LogP) is 2.70. The third-order valence-corrected chi connectivity index (χ3v) is 3.20. The highest BCUT2D eigenvalue weighted by Gasteiger charge is 2.05. The largest absolute Gasteiger partial charge is 0.381 e. The lowest BCUT2D eigenvalue weighted by molar-refractivity contribution is 0.402. The van der Waals surface area contributed by atoms with Crippen molar-refractivity contribution in [3.05, 3.63) is 46.8 Å². The van der Waals surface area contributed by atoms with Crippen LogP contribution in [0.5, 0.6) is 0 Å². The van der Waals surface area contributed by atoms with Crippen molar-refractivity contribution in [2.75, 3.05) is 19.4 Å². The Morgan fingerprint density at radius 2 is 1.84 bits per heavy atom. The highest BCUT2D eigenvalue weighted by Crippen LogP contribution is 2.14. The molecule has 0 aliphatic carbocycles. The smallest absolute Gasteiger partial charge is 0.0643 e. The molecule has 0 fully saturated rings. The van der Waals surface area contributed by atoms with E-state index in [9.17, 15) is 0 Å². The van der Waals surface area contributed by atoms with Crippen LogP contribution in [0.1, 0.15) is 22.5 Å². The summed E-state index contributed by atoms with van der Waals surface area (Å²) in [5, 5.41) is 10.6. The monoisotopic (exact) mass is 258 g/mol. The van der Waals surface area contributed by atoms with Gasteiger partial charge in [0.25, 0.3) is 0 Å². The van der Waals surface area contributed by atoms with Gasteiger partial charge >= 0.3 is 0 Å². The standard InChI is InChI=1S/C15H22N4/c1-11-15(12(2)18-17-11)9-16-14-7-5-13(6-8-14)10-19(3)4/h5-8,16H,9-10H2,1-4H3,(H,17,18). The lowest BCUT2D eigenvalue weighted by Crippen LogP contribution is -2.10. The van der Waals surface area contributed by atoms with Crippen molar-refractivity contribution < 1.29 is 0 Å². The van der Waals surface area contributed by atoms with Gasteiger partial charge in [-0.25, -0.2) is 0 Å². The molecule has 0 spiro atoms. The molecule has 0 saturated carbocycles. The second kappa shape index (κ2) is 5.89. The summed E-state index contributed by atoms with van der Waals surface area (Å²) >= 11 is 0. The summed E-state index contributed by atoms with van der Waals surface area (Å²) in [6, 6.07) is 8.59. The van der Waals surface area contributed by atoms with Crippen molar-refractivity contribution in [1.29, 1.82) is 0 Å². The van der Waals surface area contributed by atoms with Gasteiger partial charge in [0, 0.05) is 30.0 Å². The first-order chi connectivity index (χ1) is 9.06. The third-order valence-electron chi connectivity index (χ3n) is 3.20. The zero-order valence-corrected chi connectivity index (χ0v) is 12.1. The normalized spacial score (nSPS) is 11.0. The van der Waals surface area contributed by atoms with E-state index >= 15 is 0 Å². The minimum absolute atomic E-state index is 0.807. The lowest BCUT2D eigenvalue weighted by Gasteiger charge is -2.11. The Morgan fingerprint density at radius 1 is 1.16 bits per heavy atom. The molecular formula is C15H22N4. The molecular weight excluding hydrogens is 236 g/mol. The second-order valence-electron chi connectivity index (χ2n) is 5.20. The number of anilines is 1. The van der Waals surface area contributed by atoms with Gasteiger partial charge in [-0.1, -0.05) is 12.1 Å². The van der Waals surface area contributed by atoms with Gasteiger partial charge in [-0.3, -0.25) is 5.10 Å². The Bertz CT molecular complexity index is 506. The van der Waals surface area contributed by atoms with Crippen molar-refractivity contribution in [2.24, 2.45) is 0 Å². The number of rotatable bonds is 5. The van der Waals surface area contributed by atoms with Gasteiger partial charge in [-0.15, -0.1) is 0 Å². The first-order valence-corrected chi connectivity index (χ1v) is 6.54. The summed E-state index contributed by atoms with van der Waals surface area (Å²) in [4.78, 5) is 2.17. The fraction of sp³-hybridized carbons (Fsp3) is 0.400. The van der Waals surface area contributed by atoms with Crippen LogP contribution in [0.3, 0.4) is 0 Å². The average Bonchev–Trinajstić information content (AvgIpc) is 2.68. The highest BCUT2D eigenvalue weighted by molar-refractivity contribution is 5.45. The molecule has 4 heteroatoms. The van der Waals surface area contributed by atoms with Gasteiger partial charge < -0.3 is 10.2 Å². The minimum atomic E-state index is 0.807. The molecule has 4 nitrogen and oxygen atoms in total. The predicted molar refractivity (Wildman–Crippen MR) is 79.2 cm³/mol. The van der Waals surface area contributed by atoms with Gasteiger partial charge in [0.05, 0.1) is 5.69 Å². The van der Waals surface area contributed by atoms with Crippen LogP contribution in [0.15, 0.2) is 24.3 Å². The molecule has 0 bridgehead atoms. The summed E-state index contributed by atoms with van der Waals surface area (Å²) in [5.74, 6) is 0. The number of benzene rings is 1. The number of aromatic nitrogens is 2. The molecule has 1 heterocycles. The van der Waals surface area contributed by atoms with E-state index in [2.05, 4.69) is 65.7 Å². The van der Waals surface area contributed by atoms with Crippen LogP contribution in [-0.4, -0.2) is 29.2 Å². The molecule has 19 heavy (non-hydrogen) atoms. The molecule has 1 aromatic carbocycles. The molecule has 0 aliphatic heterocycles. The summed E-state index contributed by atoms with van der Waals surface area (Å²) in [6.45, 7) is 5.86. The Labute approximate surface area is 114 Å². The Hall–Kier alpha value is -1.81. The van der Waals surface area contributed by atoms with E-state index in [4.69, 9.17) is 0 Å². The molecule has 0 atom stereocenters. The summed E-state index contributed by atoms with van der Waals surface area (Å²) < 4.78 is 0. The number of hydrogen-bond acceptors (Lipinski definition) is 3. The van der Waals surface area contributed by atoms with E-state index in [1.807, 2.05) is 6.92 Å². The molecule has 2 rings (SSSR count). The quantitative estimate of drug-likeness (QED) is 0.866. The Balaban J connectivity index is 1.97. The maximum Gasteiger partial charge on any atom is 0.0643 e. The zero-order valence-electron chi connectivity index (χ0n) is 12.1.